The minimum Gasteiger partial charge on any atom is -0.464 e. The van der Waals surface area contributed by atoms with Crippen molar-refractivity contribution in [3.8, 4) is 0 Å². The first-order chi connectivity index (χ1) is 10.9. The molecule has 128 valence electrons. The van der Waals surface area contributed by atoms with Gasteiger partial charge in [-0.25, -0.2) is 0 Å². The molecule has 0 saturated carbocycles. The number of hydrogen-bond donors (Lipinski definition) is 0. The lowest BCUT2D eigenvalue weighted by atomic mass is 10.3. The number of amides is 1. The maximum absolute atomic E-state index is 12.3. The van der Waals surface area contributed by atoms with Gasteiger partial charge in [-0.15, -0.1) is 11.3 Å². The van der Waals surface area contributed by atoms with E-state index in [4.69, 9.17) is 4.74 Å². The second kappa shape index (κ2) is 7.78. The van der Waals surface area contributed by atoms with Gasteiger partial charge in [0.25, 0.3) is 0 Å². The Hall–Kier alpha value is -1.61. The smallest absolute Gasteiger partial charge is 0.464 e. The Morgan fingerprint density at radius 3 is 2.48 bits per heavy atom. The van der Waals surface area contributed by atoms with Gasteiger partial charge in [-0.1, -0.05) is 6.07 Å². The summed E-state index contributed by atoms with van der Waals surface area (Å²) in [7, 11) is 0. The zero-order chi connectivity index (χ0) is 16.9. The minimum atomic E-state index is -4.82. The quantitative estimate of drug-likeness (QED) is 0.756. The Morgan fingerprint density at radius 1 is 1.22 bits per heavy atom. The zero-order valence-electron chi connectivity index (χ0n) is 12.3. The molecule has 1 aromatic rings. The summed E-state index contributed by atoms with van der Waals surface area (Å²) < 4.78 is 42.1. The van der Waals surface area contributed by atoms with E-state index in [0.717, 1.165) is 9.78 Å². The van der Waals surface area contributed by atoms with Crippen LogP contribution < -0.4 is 0 Å². The van der Waals surface area contributed by atoms with Crippen molar-refractivity contribution in [2.24, 2.45) is 0 Å². The molecule has 1 amide bonds. The van der Waals surface area contributed by atoms with E-state index < -0.39 is 12.1 Å². The first kappa shape index (κ1) is 17.7. The fourth-order valence-corrected chi connectivity index (χ4v) is 2.94. The van der Waals surface area contributed by atoms with Gasteiger partial charge in [0.05, 0.1) is 6.42 Å². The van der Waals surface area contributed by atoms with E-state index in [0.29, 0.717) is 19.6 Å². The molecule has 2 heterocycles. The number of esters is 1. The summed E-state index contributed by atoms with van der Waals surface area (Å²) in [4.78, 5) is 26.3. The number of nitrogens with zero attached hydrogens (tertiary/aromatic N) is 2. The Labute approximate surface area is 135 Å². The molecule has 1 aromatic heterocycles. The van der Waals surface area contributed by atoms with Gasteiger partial charge < -0.3 is 9.64 Å². The van der Waals surface area contributed by atoms with Crippen LogP contribution in [0.25, 0.3) is 0 Å². The molecule has 1 saturated heterocycles. The molecule has 0 radical (unpaired) electrons. The predicted octanol–water partition coefficient (Wildman–Crippen LogP) is 1.54. The maximum Gasteiger partial charge on any atom is 0.471 e. The third kappa shape index (κ3) is 5.51. The van der Waals surface area contributed by atoms with E-state index in [1.165, 1.54) is 11.3 Å². The van der Waals surface area contributed by atoms with Crippen molar-refractivity contribution in [1.29, 1.82) is 0 Å². The number of alkyl halides is 3. The zero-order valence-corrected chi connectivity index (χ0v) is 13.2. The van der Waals surface area contributed by atoms with Gasteiger partial charge in [-0.2, -0.15) is 13.2 Å². The molecule has 2 rings (SSSR count). The van der Waals surface area contributed by atoms with Crippen molar-refractivity contribution in [1.82, 2.24) is 9.80 Å². The first-order valence-corrected chi connectivity index (χ1v) is 8.00. The van der Waals surface area contributed by atoms with Crippen molar-refractivity contribution in [2.45, 2.75) is 12.6 Å². The summed E-state index contributed by atoms with van der Waals surface area (Å²) in [5.74, 6) is -2.11. The highest BCUT2D eigenvalue weighted by Gasteiger charge is 2.43. The lowest BCUT2D eigenvalue weighted by molar-refractivity contribution is -0.187. The van der Waals surface area contributed by atoms with Crippen LogP contribution in [0.3, 0.4) is 0 Å². The highest BCUT2D eigenvalue weighted by Crippen LogP contribution is 2.19. The van der Waals surface area contributed by atoms with Crippen LogP contribution in [0.2, 0.25) is 0 Å². The number of hydrogen-bond acceptors (Lipinski definition) is 5. The molecule has 0 N–H and O–H groups in total. The van der Waals surface area contributed by atoms with Gasteiger partial charge in [-0.05, 0) is 11.4 Å². The number of carbonyl (C=O) groups is 2. The molecular formula is C14H17F3N2O3S. The highest BCUT2D eigenvalue weighted by atomic mass is 32.1. The third-order valence-electron chi connectivity index (χ3n) is 3.47. The number of halogens is 3. The molecule has 0 aromatic carbocycles. The van der Waals surface area contributed by atoms with E-state index in [-0.39, 0.29) is 32.1 Å². The van der Waals surface area contributed by atoms with E-state index in [2.05, 4.69) is 0 Å². The van der Waals surface area contributed by atoms with Crippen LogP contribution in [0, 0.1) is 0 Å². The second-order valence-corrected chi connectivity index (χ2v) is 6.14. The van der Waals surface area contributed by atoms with Gasteiger partial charge in [0.15, 0.2) is 0 Å². The summed E-state index contributed by atoms with van der Waals surface area (Å²) >= 11 is 1.48. The monoisotopic (exact) mass is 350 g/mol. The van der Waals surface area contributed by atoms with Crippen molar-refractivity contribution >= 4 is 23.2 Å². The number of piperazine rings is 1. The lowest BCUT2D eigenvalue weighted by Crippen LogP contribution is -2.52. The van der Waals surface area contributed by atoms with Gasteiger partial charge in [0, 0.05) is 37.6 Å². The molecular weight excluding hydrogens is 333 g/mol. The molecule has 0 aliphatic carbocycles. The average molecular weight is 350 g/mol. The molecule has 0 atom stereocenters. The second-order valence-electron chi connectivity index (χ2n) is 5.11. The molecule has 23 heavy (non-hydrogen) atoms. The Bertz CT molecular complexity index is 526. The normalized spacial score (nSPS) is 16.4. The van der Waals surface area contributed by atoms with Crippen LogP contribution in [0.1, 0.15) is 4.88 Å². The van der Waals surface area contributed by atoms with Crippen LogP contribution >= 0.6 is 11.3 Å². The summed E-state index contributed by atoms with van der Waals surface area (Å²) in [6, 6.07) is 3.71. The van der Waals surface area contributed by atoms with Crippen molar-refractivity contribution in [2.75, 3.05) is 39.3 Å². The molecule has 1 aliphatic heterocycles. The van der Waals surface area contributed by atoms with Crippen LogP contribution in [0.4, 0.5) is 13.2 Å². The van der Waals surface area contributed by atoms with Gasteiger partial charge in [-0.3, -0.25) is 14.5 Å². The van der Waals surface area contributed by atoms with E-state index >= 15 is 0 Å². The van der Waals surface area contributed by atoms with Crippen molar-refractivity contribution in [3.63, 3.8) is 0 Å². The predicted molar refractivity (Wildman–Crippen MR) is 78.1 cm³/mol. The SMILES string of the molecule is O=C(Cc1cccs1)OCCN1CCN(C(=O)C(F)(F)F)CC1. The number of rotatable bonds is 5. The number of carbonyl (C=O) groups excluding carboxylic acids is 2. The summed E-state index contributed by atoms with van der Waals surface area (Å²) in [6.45, 7) is 1.37. The Morgan fingerprint density at radius 2 is 1.91 bits per heavy atom. The summed E-state index contributed by atoms with van der Waals surface area (Å²) in [6.07, 6.45) is -4.59. The molecule has 1 aliphatic rings. The van der Waals surface area contributed by atoms with Crippen LogP contribution in [0.15, 0.2) is 17.5 Å². The largest absolute Gasteiger partial charge is 0.471 e. The van der Waals surface area contributed by atoms with Crippen molar-refractivity contribution in [3.05, 3.63) is 22.4 Å². The molecule has 0 bridgehead atoms. The van der Waals surface area contributed by atoms with E-state index in [9.17, 15) is 22.8 Å². The van der Waals surface area contributed by atoms with E-state index in [1.54, 1.807) is 0 Å². The molecule has 0 spiro atoms. The topological polar surface area (TPSA) is 49.9 Å². The number of ether oxygens (including phenoxy) is 1. The van der Waals surface area contributed by atoms with Gasteiger partial charge >= 0.3 is 18.1 Å². The standard InChI is InChI=1S/C14H17F3N2O3S/c15-14(16,17)13(21)19-5-3-18(4-6-19)7-8-22-12(20)10-11-2-1-9-23-11/h1-2,9H,3-8,10H2. The van der Waals surface area contributed by atoms with Gasteiger partial charge in [0.2, 0.25) is 0 Å². The Balaban J connectivity index is 1.63. The maximum atomic E-state index is 12.3. The fourth-order valence-electron chi connectivity index (χ4n) is 2.25. The summed E-state index contributed by atoms with van der Waals surface area (Å²) in [5.41, 5.74) is 0. The average Bonchev–Trinajstić information content (AvgIpc) is 2.99. The van der Waals surface area contributed by atoms with Crippen LogP contribution in [0.5, 0.6) is 0 Å². The summed E-state index contributed by atoms with van der Waals surface area (Å²) in [5, 5.41) is 1.88. The molecule has 0 unspecified atom stereocenters. The lowest BCUT2D eigenvalue weighted by Gasteiger charge is -2.34. The van der Waals surface area contributed by atoms with Crippen LogP contribution in [-0.4, -0.2) is 67.2 Å². The van der Waals surface area contributed by atoms with Crippen LogP contribution in [-0.2, 0) is 20.7 Å². The minimum absolute atomic E-state index is 0.0293. The molecule has 5 nitrogen and oxygen atoms in total. The third-order valence-corrected chi connectivity index (χ3v) is 4.35. The molecule has 9 heteroatoms. The first-order valence-electron chi connectivity index (χ1n) is 7.13. The Kier molecular flexibility index (Phi) is 6.00. The highest BCUT2D eigenvalue weighted by molar-refractivity contribution is 7.10. The van der Waals surface area contributed by atoms with Crippen molar-refractivity contribution < 1.29 is 27.5 Å². The number of thiophene rings is 1. The van der Waals surface area contributed by atoms with E-state index in [1.807, 2.05) is 22.4 Å². The fraction of sp³-hybridized carbons (Fsp3) is 0.571. The molecule has 1 fully saturated rings. The van der Waals surface area contributed by atoms with Gasteiger partial charge in [0.1, 0.15) is 6.61 Å².